The molecule has 1 saturated heterocycles. The number of carboxylic acids is 1. The minimum Gasteiger partial charge on any atom is -0.481 e. The van der Waals surface area contributed by atoms with E-state index in [2.05, 4.69) is 5.32 Å². The zero-order valence-corrected chi connectivity index (χ0v) is 11.2. The molecule has 18 heavy (non-hydrogen) atoms. The predicted molar refractivity (Wildman–Crippen MR) is 72.3 cm³/mol. The van der Waals surface area contributed by atoms with Gasteiger partial charge in [0.15, 0.2) is 0 Å². The number of nitrogens with zero attached hydrogens (tertiary/aromatic N) is 1. The fourth-order valence-corrected chi connectivity index (χ4v) is 2.71. The second-order valence-corrected chi connectivity index (χ2v) is 5.21. The molecule has 0 spiro atoms. The molecule has 2 N–H and O–H groups in total. The van der Waals surface area contributed by atoms with E-state index in [0.29, 0.717) is 18.0 Å². The van der Waals surface area contributed by atoms with E-state index in [1.807, 2.05) is 37.2 Å². The summed E-state index contributed by atoms with van der Waals surface area (Å²) in [7, 11) is 3.91. The number of carboxylic acid groups (broad SMARTS) is 1. The standard InChI is InChI=1S/C13H17ClN2O2/c1-16(2)11-5-3-4-9(14)12(11)10-6-8(7-15-10)13(17)18/h3-5,8,10,15H,6-7H2,1-2H3,(H,17,18). The fraction of sp³-hybridized carbons (Fsp3) is 0.462. The molecule has 2 rings (SSSR count). The molecule has 1 aliphatic rings. The average Bonchev–Trinajstić information content (AvgIpc) is 2.77. The molecular weight excluding hydrogens is 252 g/mol. The van der Waals surface area contributed by atoms with E-state index in [9.17, 15) is 4.79 Å². The fourth-order valence-electron chi connectivity index (χ4n) is 2.40. The summed E-state index contributed by atoms with van der Waals surface area (Å²) >= 11 is 6.27. The van der Waals surface area contributed by atoms with Gasteiger partial charge in [-0.25, -0.2) is 0 Å². The lowest BCUT2D eigenvalue weighted by atomic mass is 9.98. The maximum Gasteiger partial charge on any atom is 0.307 e. The highest BCUT2D eigenvalue weighted by Gasteiger charge is 2.32. The van der Waals surface area contributed by atoms with Crippen molar-refractivity contribution < 1.29 is 9.90 Å². The van der Waals surface area contributed by atoms with Gasteiger partial charge in [0.05, 0.1) is 5.92 Å². The van der Waals surface area contributed by atoms with E-state index in [1.165, 1.54) is 0 Å². The number of anilines is 1. The lowest BCUT2D eigenvalue weighted by Gasteiger charge is -2.22. The van der Waals surface area contributed by atoms with Crippen molar-refractivity contribution in [3.8, 4) is 0 Å². The molecule has 0 radical (unpaired) electrons. The molecule has 1 aromatic carbocycles. The number of carbonyl (C=O) groups is 1. The smallest absolute Gasteiger partial charge is 0.307 e. The topological polar surface area (TPSA) is 52.6 Å². The first-order valence-electron chi connectivity index (χ1n) is 5.92. The molecule has 0 bridgehead atoms. The van der Waals surface area contributed by atoms with Crippen LogP contribution >= 0.6 is 11.6 Å². The van der Waals surface area contributed by atoms with E-state index in [1.54, 1.807) is 0 Å². The van der Waals surface area contributed by atoms with Crippen LogP contribution in [-0.2, 0) is 4.79 Å². The Hall–Kier alpha value is -1.26. The van der Waals surface area contributed by atoms with E-state index in [4.69, 9.17) is 16.7 Å². The summed E-state index contributed by atoms with van der Waals surface area (Å²) in [6.07, 6.45) is 0.583. The Morgan fingerprint density at radius 1 is 1.50 bits per heavy atom. The molecule has 1 heterocycles. The van der Waals surface area contributed by atoms with Crippen LogP contribution in [0.25, 0.3) is 0 Å². The average molecular weight is 269 g/mol. The normalized spacial score (nSPS) is 23.1. The van der Waals surface area contributed by atoms with Crippen LogP contribution in [0.1, 0.15) is 18.0 Å². The predicted octanol–water partition coefficient (Wildman–Crippen LogP) is 2.14. The number of rotatable bonds is 3. The molecule has 0 amide bonds. The molecule has 1 aromatic rings. The SMILES string of the molecule is CN(C)c1cccc(Cl)c1C1CC(C(=O)O)CN1. The summed E-state index contributed by atoms with van der Waals surface area (Å²) in [5.74, 6) is -1.08. The van der Waals surface area contributed by atoms with Crippen LogP contribution in [0.2, 0.25) is 5.02 Å². The summed E-state index contributed by atoms with van der Waals surface area (Å²) in [4.78, 5) is 13.0. The summed E-state index contributed by atoms with van der Waals surface area (Å²) < 4.78 is 0. The highest BCUT2D eigenvalue weighted by Crippen LogP contribution is 2.37. The minimum atomic E-state index is -0.747. The molecule has 0 saturated carbocycles. The zero-order chi connectivity index (χ0) is 13.3. The Balaban J connectivity index is 2.31. The first-order valence-corrected chi connectivity index (χ1v) is 6.30. The molecular formula is C13H17ClN2O2. The molecule has 5 heteroatoms. The third kappa shape index (κ3) is 2.44. The molecule has 2 unspecified atom stereocenters. The second-order valence-electron chi connectivity index (χ2n) is 4.80. The molecule has 0 aromatic heterocycles. The van der Waals surface area contributed by atoms with Crippen molar-refractivity contribution in [2.45, 2.75) is 12.5 Å². The highest BCUT2D eigenvalue weighted by molar-refractivity contribution is 6.31. The van der Waals surface area contributed by atoms with Crippen molar-refractivity contribution in [3.63, 3.8) is 0 Å². The first kappa shape index (κ1) is 13.2. The van der Waals surface area contributed by atoms with Crippen molar-refractivity contribution >= 4 is 23.3 Å². The van der Waals surface area contributed by atoms with Crippen molar-refractivity contribution in [2.24, 2.45) is 5.92 Å². The van der Waals surface area contributed by atoms with Gasteiger partial charge in [-0.15, -0.1) is 0 Å². The maximum absolute atomic E-state index is 11.0. The molecule has 1 aliphatic heterocycles. The quantitative estimate of drug-likeness (QED) is 0.882. The maximum atomic E-state index is 11.0. The van der Waals surface area contributed by atoms with Gasteiger partial charge in [-0.05, 0) is 18.6 Å². The van der Waals surface area contributed by atoms with Crippen LogP contribution in [0.5, 0.6) is 0 Å². The van der Waals surface area contributed by atoms with Crippen LogP contribution < -0.4 is 10.2 Å². The zero-order valence-electron chi connectivity index (χ0n) is 10.5. The van der Waals surface area contributed by atoms with Crippen LogP contribution in [0.15, 0.2) is 18.2 Å². The third-order valence-corrected chi connectivity index (χ3v) is 3.67. The Bertz CT molecular complexity index is 462. The van der Waals surface area contributed by atoms with Gasteiger partial charge in [-0.3, -0.25) is 4.79 Å². The summed E-state index contributed by atoms with van der Waals surface area (Å²) in [5.41, 5.74) is 2.03. The van der Waals surface area contributed by atoms with Gasteiger partial charge in [0.2, 0.25) is 0 Å². The largest absolute Gasteiger partial charge is 0.481 e. The van der Waals surface area contributed by atoms with Crippen LogP contribution in [-0.4, -0.2) is 31.7 Å². The minimum absolute atomic E-state index is 0.0113. The number of hydrogen-bond donors (Lipinski definition) is 2. The van der Waals surface area contributed by atoms with Crippen LogP contribution in [0.3, 0.4) is 0 Å². The monoisotopic (exact) mass is 268 g/mol. The van der Waals surface area contributed by atoms with Crippen molar-refractivity contribution in [1.82, 2.24) is 5.32 Å². The molecule has 2 atom stereocenters. The van der Waals surface area contributed by atoms with Gasteiger partial charge in [-0.1, -0.05) is 17.7 Å². The second kappa shape index (κ2) is 5.16. The van der Waals surface area contributed by atoms with E-state index in [0.717, 1.165) is 11.3 Å². The van der Waals surface area contributed by atoms with Crippen molar-refractivity contribution in [2.75, 3.05) is 25.5 Å². The third-order valence-electron chi connectivity index (χ3n) is 3.34. The Labute approximate surface area is 112 Å². The van der Waals surface area contributed by atoms with Gasteiger partial charge in [0, 0.05) is 43.0 Å². The molecule has 98 valence electrons. The molecule has 1 fully saturated rings. The number of nitrogens with one attached hydrogen (secondary N) is 1. The lowest BCUT2D eigenvalue weighted by molar-refractivity contribution is -0.141. The van der Waals surface area contributed by atoms with Gasteiger partial charge < -0.3 is 15.3 Å². The molecule has 4 nitrogen and oxygen atoms in total. The van der Waals surface area contributed by atoms with E-state index < -0.39 is 5.97 Å². The van der Waals surface area contributed by atoms with E-state index in [-0.39, 0.29) is 12.0 Å². The van der Waals surface area contributed by atoms with Crippen LogP contribution in [0, 0.1) is 5.92 Å². The van der Waals surface area contributed by atoms with Gasteiger partial charge in [0.25, 0.3) is 0 Å². The Kier molecular flexibility index (Phi) is 3.78. The highest BCUT2D eigenvalue weighted by atomic mass is 35.5. The Morgan fingerprint density at radius 2 is 2.22 bits per heavy atom. The van der Waals surface area contributed by atoms with E-state index >= 15 is 0 Å². The number of aliphatic carboxylic acids is 1. The molecule has 0 aliphatic carbocycles. The van der Waals surface area contributed by atoms with Crippen LogP contribution in [0.4, 0.5) is 5.69 Å². The summed E-state index contributed by atoms with van der Waals surface area (Å²) in [5, 5.41) is 13.0. The number of hydrogen-bond acceptors (Lipinski definition) is 3. The lowest BCUT2D eigenvalue weighted by Crippen LogP contribution is -2.19. The van der Waals surface area contributed by atoms with Gasteiger partial charge >= 0.3 is 5.97 Å². The van der Waals surface area contributed by atoms with Gasteiger partial charge in [0.1, 0.15) is 0 Å². The number of halogens is 1. The summed E-state index contributed by atoms with van der Waals surface area (Å²) in [6.45, 7) is 0.498. The Morgan fingerprint density at radius 3 is 2.78 bits per heavy atom. The van der Waals surface area contributed by atoms with Crippen molar-refractivity contribution in [3.05, 3.63) is 28.8 Å². The summed E-state index contributed by atoms with van der Waals surface area (Å²) in [6, 6.07) is 5.76. The van der Waals surface area contributed by atoms with Crippen molar-refractivity contribution in [1.29, 1.82) is 0 Å². The van der Waals surface area contributed by atoms with Gasteiger partial charge in [-0.2, -0.15) is 0 Å². The first-order chi connectivity index (χ1) is 8.50. The number of benzene rings is 1.